The molecule has 0 spiro atoms. The Morgan fingerprint density at radius 1 is 1.08 bits per heavy atom. The molecule has 0 unspecified atom stereocenters. The summed E-state index contributed by atoms with van der Waals surface area (Å²) in [6.07, 6.45) is 3.74. The number of thiocarbonyl (C=S) groups is 1. The molecule has 0 aliphatic heterocycles. The molecule has 0 saturated carbocycles. The highest BCUT2D eigenvalue weighted by molar-refractivity contribution is 7.81. The molecule has 3 nitrogen and oxygen atoms in total. The van der Waals surface area contributed by atoms with Crippen molar-refractivity contribution < 1.29 is 9.67 Å². The number of aryl methyl sites for hydroxylation is 2. The SMILES string of the molecule is Cc1ccc(C)c(NC(=S)/C(=C(\O)c2cccs2)[n+]2ccccc2)c1. The Morgan fingerprint density at radius 2 is 1.84 bits per heavy atom. The van der Waals surface area contributed by atoms with Crippen molar-refractivity contribution in [3.8, 4) is 0 Å². The van der Waals surface area contributed by atoms with Gasteiger partial charge in [0.05, 0.1) is 4.88 Å². The van der Waals surface area contributed by atoms with Crippen LogP contribution in [0.2, 0.25) is 0 Å². The summed E-state index contributed by atoms with van der Waals surface area (Å²) in [5, 5.41) is 16.1. The number of thiophene rings is 1. The first-order valence-corrected chi connectivity index (χ1v) is 9.17. The summed E-state index contributed by atoms with van der Waals surface area (Å²) in [4.78, 5) is 1.24. The second-order valence-electron chi connectivity index (χ2n) is 5.73. The highest BCUT2D eigenvalue weighted by Crippen LogP contribution is 2.24. The Hall–Kier alpha value is -2.50. The van der Waals surface area contributed by atoms with Gasteiger partial charge in [0.15, 0.2) is 17.4 Å². The standard InChI is InChI=1S/C20H18N2OS2/c1-14-8-9-15(2)16(13-14)21-20(24)18(22-10-4-3-5-11-22)19(23)17-7-6-12-25-17/h3-13H,1-2H3,(H-,21,23,24)/p+1. The third kappa shape index (κ3) is 3.95. The van der Waals surface area contributed by atoms with Crippen LogP contribution >= 0.6 is 23.6 Å². The molecule has 25 heavy (non-hydrogen) atoms. The van der Waals surface area contributed by atoms with Crippen LogP contribution in [0.25, 0.3) is 11.5 Å². The summed E-state index contributed by atoms with van der Waals surface area (Å²) in [7, 11) is 0. The second-order valence-corrected chi connectivity index (χ2v) is 7.09. The van der Waals surface area contributed by atoms with E-state index in [1.165, 1.54) is 11.3 Å². The number of anilines is 1. The van der Waals surface area contributed by atoms with Gasteiger partial charge in [-0.2, -0.15) is 4.57 Å². The molecule has 0 fully saturated rings. The van der Waals surface area contributed by atoms with Crippen molar-refractivity contribution in [1.29, 1.82) is 0 Å². The molecule has 0 bridgehead atoms. The molecule has 0 radical (unpaired) electrons. The predicted molar refractivity (Wildman–Crippen MR) is 109 cm³/mol. The van der Waals surface area contributed by atoms with Crippen LogP contribution in [-0.2, 0) is 0 Å². The minimum absolute atomic E-state index is 0.161. The lowest BCUT2D eigenvalue weighted by Crippen LogP contribution is -2.38. The van der Waals surface area contributed by atoms with E-state index in [0.717, 1.165) is 21.7 Å². The van der Waals surface area contributed by atoms with Gasteiger partial charge in [0.2, 0.25) is 5.76 Å². The summed E-state index contributed by atoms with van der Waals surface area (Å²) in [5.74, 6) is 0.161. The van der Waals surface area contributed by atoms with Crippen molar-refractivity contribution in [1.82, 2.24) is 0 Å². The first-order valence-electron chi connectivity index (χ1n) is 7.88. The molecule has 0 aliphatic rings. The number of aliphatic hydroxyl groups excluding tert-OH is 1. The van der Waals surface area contributed by atoms with Crippen molar-refractivity contribution >= 4 is 45.7 Å². The normalized spacial score (nSPS) is 11.8. The molecule has 0 amide bonds. The number of aliphatic hydroxyl groups is 1. The summed E-state index contributed by atoms with van der Waals surface area (Å²) in [6.45, 7) is 4.07. The molecule has 2 aromatic heterocycles. The maximum atomic E-state index is 10.8. The van der Waals surface area contributed by atoms with E-state index in [-0.39, 0.29) is 5.76 Å². The maximum absolute atomic E-state index is 10.8. The van der Waals surface area contributed by atoms with Gasteiger partial charge in [0.1, 0.15) is 0 Å². The van der Waals surface area contributed by atoms with Crippen LogP contribution in [0.15, 0.2) is 66.3 Å². The van der Waals surface area contributed by atoms with Crippen LogP contribution < -0.4 is 9.88 Å². The number of pyridine rings is 1. The third-order valence-electron chi connectivity index (χ3n) is 3.81. The molecule has 0 saturated heterocycles. The van der Waals surface area contributed by atoms with E-state index in [4.69, 9.17) is 12.2 Å². The minimum atomic E-state index is 0.161. The lowest BCUT2D eigenvalue weighted by molar-refractivity contribution is -0.575. The lowest BCUT2D eigenvalue weighted by Gasteiger charge is -2.12. The van der Waals surface area contributed by atoms with Gasteiger partial charge < -0.3 is 10.4 Å². The summed E-state index contributed by atoms with van der Waals surface area (Å²) in [5.41, 5.74) is 3.74. The van der Waals surface area contributed by atoms with Gasteiger partial charge in [0, 0.05) is 17.8 Å². The van der Waals surface area contributed by atoms with E-state index in [2.05, 4.69) is 23.5 Å². The van der Waals surface area contributed by atoms with E-state index in [1.807, 2.05) is 66.5 Å². The number of hydrogen-bond donors (Lipinski definition) is 2. The van der Waals surface area contributed by atoms with Crippen LogP contribution in [0, 0.1) is 13.8 Å². The highest BCUT2D eigenvalue weighted by atomic mass is 32.1. The quantitative estimate of drug-likeness (QED) is 0.296. The molecule has 1 aromatic carbocycles. The van der Waals surface area contributed by atoms with E-state index in [0.29, 0.717) is 10.7 Å². The summed E-state index contributed by atoms with van der Waals surface area (Å²) >= 11 is 7.12. The number of nitrogens with zero attached hydrogens (tertiary/aromatic N) is 1. The molecular formula is C20H19N2OS2+. The Balaban J connectivity index is 2.05. The average Bonchev–Trinajstić information content (AvgIpc) is 3.14. The van der Waals surface area contributed by atoms with Crippen LogP contribution in [0.4, 0.5) is 5.69 Å². The number of rotatable bonds is 4. The fraction of sp³-hybridized carbons (Fsp3) is 0.100. The maximum Gasteiger partial charge on any atom is 0.289 e. The van der Waals surface area contributed by atoms with Gasteiger partial charge in [-0.05, 0) is 42.5 Å². The van der Waals surface area contributed by atoms with Crippen LogP contribution in [0.5, 0.6) is 0 Å². The molecule has 2 N–H and O–H groups in total. The number of nitrogens with one attached hydrogen (secondary N) is 1. The van der Waals surface area contributed by atoms with E-state index < -0.39 is 0 Å². The minimum Gasteiger partial charge on any atom is -0.501 e. The summed E-state index contributed by atoms with van der Waals surface area (Å²) < 4.78 is 1.83. The third-order valence-corrected chi connectivity index (χ3v) is 4.98. The predicted octanol–water partition coefficient (Wildman–Crippen LogP) is 4.98. The second kappa shape index (κ2) is 7.59. The fourth-order valence-electron chi connectivity index (χ4n) is 2.48. The first-order chi connectivity index (χ1) is 12.1. The van der Waals surface area contributed by atoms with E-state index in [1.54, 1.807) is 0 Å². The van der Waals surface area contributed by atoms with Crippen molar-refractivity contribution in [2.45, 2.75) is 13.8 Å². The van der Waals surface area contributed by atoms with Crippen LogP contribution in [0.3, 0.4) is 0 Å². The van der Waals surface area contributed by atoms with Gasteiger partial charge in [-0.1, -0.05) is 36.5 Å². The number of benzene rings is 1. The lowest BCUT2D eigenvalue weighted by atomic mass is 10.1. The Morgan fingerprint density at radius 3 is 2.52 bits per heavy atom. The van der Waals surface area contributed by atoms with Crippen LogP contribution in [0.1, 0.15) is 16.0 Å². The molecule has 2 heterocycles. The monoisotopic (exact) mass is 367 g/mol. The van der Waals surface area contributed by atoms with Crippen molar-refractivity contribution in [2.75, 3.05) is 5.32 Å². The average molecular weight is 368 g/mol. The molecule has 3 aromatic rings. The van der Waals surface area contributed by atoms with Gasteiger partial charge in [-0.15, -0.1) is 11.3 Å². The molecular weight excluding hydrogens is 348 g/mol. The van der Waals surface area contributed by atoms with Gasteiger partial charge in [-0.25, -0.2) is 0 Å². The molecule has 5 heteroatoms. The highest BCUT2D eigenvalue weighted by Gasteiger charge is 2.24. The van der Waals surface area contributed by atoms with Crippen molar-refractivity contribution in [2.24, 2.45) is 0 Å². The zero-order chi connectivity index (χ0) is 17.8. The Bertz CT molecular complexity index is 916. The van der Waals surface area contributed by atoms with Crippen molar-refractivity contribution in [3.05, 3.63) is 82.3 Å². The molecule has 126 valence electrons. The first kappa shape index (κ1) is 17.3. The zero-order valence-electron chi connectivity index (χ0n) is 14.1. The smallest absolute Gasteiger partial charge is 0.289 e. The molecule has 0 aliphatic carbocycles. The van der Waals surface area contributed by atoms with Gasteiger partial charge in [0.25, 0.3) is 5.70 Å². The Labute approximate surface area is 156 Å². The van der Waals surface area contributed by atoms with Gasteiger partial charge >= 0.3 is 0 Å². The van der Waals surface area contributed by atoms with E-state index >= 15 is 0 Å². The molecule has 0 atom stereocenters. The zero-order valence-corrected chi connectivity index (χ0v) is 15.7. The van der Waals surface area contributed by atoms with Crippen molar-refractivity contribution in [3.63, 3.8) is 0 Å². The largest absolute Gasteiger partial charge is 0.501 e. The van der Waals surface area contributed by atoms with E-state index in [9.17, 15) is 5.11 Å². The number of hydrogen-bond acceptors (Lipinski definition) is 3. The Kier molecular flexibility index (Phi) is 5.26. The van der Waals surface area contributed by atoms with Gasteiger partial charge in [-0.3, -0.25) is 0 Å². The summed E-state index contributed by atoms with van der Waals surface area (Å²) in [6, 6.07) is 15.7. The fourth-order valence-corrected chi connectivity index (χ4v) is 3.46. The van der Waals surface area contributed by atoms with Crippen LogP contribution in [-0.4, -0.2) is 10.1 Å². The number of aromatic nitrogens is 1. The molecule has 3 rings (SSSR count). The topological polar surface area (TPSA) is 36.1 Å².